The highest BCUT2D eigenvalue weighted by Gasteiger charge is 2.19. The van der Waals surface area contributed by atoms with Crippen LogP contribution in [-0.4, -0.2) is 37.2 Å². The average molecular weight is 1150 g/mol. The van der Waals surface area contributed by atoms with E-state index in [1.807, 2.05) is 0 Å². The predicted octanol–water partition coefficient (Wildman–Crippen LogP) is 25.1. The van der Waals surface area contributed by atoms with Gasteiger partial charge in [-0.25, -0.2) is 0 Å². The van der Waals surface area contributed by atoms with Crippen LogP contribution in [0.5, 0.6) is 0 Å². The first-order chi connectivity index (χ1) is 40.5. The molecule has 0 fully saturated rings. The van der Waals surface area contributed by atoms with Gasteiger partial charge in [0.1, 0.15) is 13.2 Å². The van der Waals surface area contributed by atoms with Gasteiger partial charge in [-0.1, -0.05) is 351 Å². The zero-order valence-corrected chi connectivity index (χ0v) is 55.0. The minimum Gasteiger partial charge on any atom is -0.462 e. The van der Waals surface area contributed by atoms with Crippen molar-refractivity contribution in [2.75, 3.05) is 13.2 Å². The molecule has 1 atom stereocenters. The summed E-state index contributed by atoms with van der Waals surface area (Å²) >= 11 is 0. The van der Waals surface area contributed by atoms with Crippen molar-refractivity contribution < 1.29 is 28.6 Å². The SMILES string of the molecule is CC/C=C\C/C=C\C/C=C\C/C=C\CCCCCCCCCCCCCCCCC(=O)OCC(COC(=O)CCCCCCC/C=C\CCC)OC(=O)CCCCCCCCCCCCCCCCCCCCCCCCCCCCC. The van der Waals surface area contributed by atoms with Crippen molar-refractivity contribution in [2.24, 2.45) is 0 Å². The third-order valence-electron chi connectivity index (χ3n) is 16.2. The molecule has 0 spiro atoms. The van der Waals surface area contributed by atoms with Crippen LogP contribution in [0.4, 0.5) is 0 Å². The summed E-state index contributed by atoms with van der Waals surface area (Å²) in [5.41, 5.74) is 0. The van der Waals surface area contributed by atoms with Gasteiger partial charge in [-0.15, -0.1) is 0 Å². The Hall–Kier alpha value is -2.89. The number of hydrogen-bond donors (Lipinski definition) is 0. The maximum Gasteiger partial charge on any atom is 0.306 e. The van der Waals surface area contributed by atoms with Gasteiger partial charge in [0, 0.05) is 19.3 Å². The Morgan fingerprint density at radius 3 is 0.805 bits per heavy atom. The molecule has 478 valence electrons. The maximum atomic E-state index is 12.9. The highest BCUT2D eigenvalue weighted by Crippen LogP contribution is 2.19. The number of ether oxygens (including phenoxy) is 3. The molecule has 0 aliphatic carbocycles. The first kappa shape index (κ1) is 79.1. The second-order valence-corrected chi connectivity index (χ2v) is 24.5. The van der Waals surface area contributed by atoms with Crippen molar-refractivity contribution in [2.45, 2.75) is 393 Å². The first-order valence-electron chi connectivity index (χ1n) is 36.3. The molecular formula is C76H138O6. The maximum absolute atomic E-state index is 12.9. The third kappa shape index (κ3) is 67.9. The van der Waals surface area contributed by atoms with Crippen LogP contribution >= 0.6 is 0 Å². The standard InChI is InChI=1S/C76H138O6/c1-4-7-10-13-16-19-22-24-26-28-30-32-34-36-38-40-42-44-46-48-50-52-54-57-60-63-66-69-75(78)81-72-73(71-80-74(77)68-65-62-59-56-21-18-15-12-9-6-3)82-76(79)70-67-64-61-58-55-53-51-49-47-45-43-41-39-37-35-33-31-29-27-25-23-20-17-14-11-8-5-2/h7,10,12,15-16,19,24,26,30,32,73H,4-6,8-9,11,13-14,17-18,20-23,25,27-29,31,33-72H2,1-3H3/b10-7-,15-12-,19-16-,26-24-,32-30-. The topological polar surface area (TPSA) is 78.9 Å². The third-order valence-corrected chi connectivity index (χ3v) is 16.2. The molecule has 6 heteroatoms. The molecule has 0 aromatic heterocycles. The number of carbonyl (C=O) groups excluding carboxylic acids is 3. The van der Waals surface area contributed by atoms with E-state index < -0.39 is 6.10 Å². The molecule has 0 bridgehead atoms. The zero-order valence-electron chi connectivity index (χ0n) is 55.0. The molecule has 1 unspecified atom stereocenters. The van der Waals surface area contributed by atoms with E-state index >= 15 is 0 Å². The van der Waals surface area contributed by atoms with Crippen molar-refractivity contribution in [3.05, 3.63) is 60.8 Å². The van der Waals surface area contributed by atoms with Crippen LogP contribution in [0.1, 0.15) is 387 Å². The fourth-order valence-electron chi connectivity index (χ4n) is 10.9. The van der Waals surface area contributed by atoms with Gasteiger partial charge in [0.25, 0.3) is 0 Å². The average Bonchev–Trinajstić information content (AvgIpc) is 3.48. The quantitative estimate of drug-likeness (QED) is 0.0261. The van der Waals surface area contributed by atoms with E-state index in [9.17, 15) is 14.4 Å². The zero-order chi connectivity index (χ0) is 59.2. The molecule has 0 radical (unpaired) electrons. The summed E-state index contributed by atoms with van der Waals surface area (Å²) in [4.78, 5) is 38.4. The van der Waals surface area contributed by atoms with Gasteiger partial charge in [-0.3, -0.25) is 14.4 Å². The Labute approximate surface area is 510 Å². The van der Waals surface area contributed by atoms with E-state index in [-0.39, 0.29) is 31.1 Å². The normalized spacial score (nSPS) is 12.4. The predicted molar refractivity (Wildman–Crippen MR) is 358 cm³/mol. The van der Waals surface area contributed by atoms with Gasteiger partial charge in [-0.2, -0.15) is 0 Å². The molecule has 0 aliphatic heterocycles. The summed E-state index contributed by atoms with van der Waals surface area (Å²) in [6, 6.07) is 0. The molecule has 0 saturated carbocycles. The fraction of sp³-hybridized carbons (Fsp3) is 0.829. The molecule has 0 aromatic rings. The smallest absolute Gasteiger partial charge is 0.306 e. The summed E-state index contributed by atoms with van der Waals surface area (Å²) < 4.78 is 17.0. The molecule has 0 aromatic carbocycles. The van der Waals surface area contributed by atoms with E-state index in [1.54, 1.807) is 0 Å². The van der Waals surface area contributed by atoms with Gasteiger partial charge in [0.05, 0.1) is 0 Å². The number of unbranched alkanes of at least 4 members (excludes halogenated alkanes) is 46. The van der Waals surface area contributed by atoms with Gasteiger partial charge in [0.2, 0.25) is 0 Å². The Balaban J connectivity index is 4.13. The summed E-state index contributed by atoms with van der Waals surface area (Å²) in [5, 5.41) is 0. The second-order valence-electron chi connectivity index (χ2n) is 24.5. The van der Waals surface area contributed by atoms with E-state index in [0.29, 0.717) is 19.3 Å². The van der Waals surface area contributed by atoms with Crippen LogP contribution in [0.3, 0.4) is 0 Å². The number of allylic oxidation sites excluding steroid dienone is 10. The van der Waals surface area contributed by atoms with Gasteiger partial charge >= 0.3 is 17.9 Å². The van der Waals surface area contributed by atoms with Crippen LogP contribution in [-0.2, 0) is 28.6 Å². The summed E-state index contributed by atoms with van der Waals surface area (Å²) in [6.07, 6.45) is 91.3. The Morgan fingerprint density at radius 1 is 0.256 bits per heavy atom. The molecule has 82 heavy (non-hydrogen) atoms. The van der Waals surface area contributed by atoms with E-state index in [2.05, 4.69) is 81.5 Å². The lowest BCUT2D eigenvalue weighted by Crippen LogP contribution is -2.30. The van der Waals surface area contributed by atoms with Crippen molar-refractivity contribution in [3.63, 3.8) is 0 Å². The van der Waals surface area contributed by atoms with Gasteiger partial charge in [-0.05, 0) is 77.0 Å². The molecule has 0 amide bonds. The summed E-state index contributed by atoms with van der Waals surface area (Å²) in [5.74, 6) is -0.860. The number of rotatable bonds is 67. The molecule has 0 N–H and O–H groups in total. The number of hydrogen-bond acceptors (Lipinski definition) is 6. The van der Waals surface area contributed by atoms with Crippen LogP contribution in [0.2, 0.25) is 0 Å². The Kier molecular flexibility index (Phi) is 68.1. The molecule has 0 heterocycles. The highest BCUT2D eigenvalue weighted by molar-refractivity contribution is 5.71. The fourth-order valence-corrected chi connectivity index (χ4v) is 10.9. The molecule has 0 aliphatic rings. The van der Waals surface area contributed by atoms with Crippen molar-refractivity contribution in [1.29, 1.82) is 0 Å². The molecule has 0 saturated heterocycles. The number of carbonyl (C=O) groups is 3. The van der Waals surface area contributed by atoms with E-state index in [1.165, 1.54) is 250 Å². The van der Waals surface area contributed by atoms with Gasteiger partial charge in [0.15, 0.2) is 6.10 Å². The lowest BCUT2D eigenvalue weighted by atomic mass is 10.0. The Morgan fingerprint density at radius 2 is 0.500 bits per heavy atom. The summed E-state index contributed by atoms with van der Waals surface area (Å²) in [6.45, 7) is 6.52. The van der Waals surface area contributed by atoms with Crippen LogP contribution in [0, 0.1) is 0 Å². The molecule has 6 nitrogen and oxygen atoms in total. The van der Waals surface area contributed by atoms with Crippen molar-refractivity contribution in [3.8, 4) is 0 Å². The lowest BCUT2D eigenvalue weighted by molar-refractivity contribution is -0.167. The first-order valence-corrected chi connectivity index (χ1v) is 36.3. The Bertz CT molecular complexity index is 1460. The van der Waals surface area contributed by atoms with E-state index in [4.69, 9.17) is 14.2 Å². The minimum absolute atomic E-state index is 0.0726. The molecular weight excluding hydrogens is 1010 g/mol. The lowest BCUT2D eigenvalue weighted by Gasteiger charge is -2.18. The largest absolute Gasteiger partial charge is 0.462 e. The van der Waals surface area contributed by atoms with Crippen LogP contribution < -0.4 is 0 Å². The number of esters is 3. The van der Waals surface area contributed by atoms with Crippen LogP contribution in [0.15, 0.2) is 60.8 Å². The molecule has 0 rings (SSSR count). The minimum atomic E-state index is -0.776. The van der Waals surface area contributed by atoms with Crippen molar-refractivity contribution in [1.82, 2.24) is 0 Å². The van der Waals surface area contributed by atoms with Crippen molar-refractivity contribution >= 4 is 17.9 Å². The van der Waals surface area contributed by atoms with E-state index in [0.717, 1.165) is 96.3 Å². The second kappa shape index (κ2) is 70.6. The monoisotopic (exact) mass is 1150 g/mol. The highest BCUT2D eigenvalue weighted by atomic mass is 16.6. The van der Waals surface area contributed by atoms with Crippen LogP contribution in [0.25, 0.3) is 0 Å². The van der Waals surface area contributed by atoms with Gasteiger partial charge < -0.3 is 14.2 Å². The summed E-state index contributed by atoms with van der Waals surface area (Å²) in [7, 11) is 0.